The third kappa shape index (κ3) is 4.66. The number of carbonyl (C=O) groups excluding carboxylic acids is 1. The van der Waals surface area contributed by atoms with Crippen molar-refractivity contribution in [2.75, 3.05) is 32.0 Å². The van der Waals surface area contributed by atoms with E-state index in [2.05, 4.69) is 0 Å². The van der Waals surface area contributed by atoms with E-state index in [-0.39, 0.29) is 24.7 Å². The monoisotopic (exact) mass is 370 g/mol. The molecular formula is C21H26N2O4. The Hall–Kier alpha value is -2.41. The fraction of sp³-hybridized carbons (Fsp3) is 0.381. The van der Waals surface area contributed by atoms with Crippen molar-refractivity contribution in [1.82, 2.24) is 0 Å². The van der Waals surface area contributed by atoms with Crippen molar-refractivity contribution in [3.63, 3.8) is 0 Å². The van der Waals surface area contributed by atoms with Gasteiger partial charge in [0.15, 0.2) is 0 Å². The number of nitrogens with two attached hydrogens (primary N) is 1. The van der Waals surface area contributed by atoms with Crippen molar-refractivity contribution in [1.29, 1.82) is 0 Å². The lowest BCUT2D eigenvalue weighted by Gasteiger charge is -2.47. The summed E-state index contributed by atoms with van der Waals surface area (Å²) >= 11 is 0. The summed E-state index contributed by atoms with van der Waals surface area (Å²) in [5, 5.41) is 0. The minimum Gasteiger partial charge on any atom is -0.497 e. The molecule has 27 heavy (non-hydrogen) atoms. The Labute approximate surface area is 159 Å². The smallest absolute Gasteiger partial charge is 0.232 e. The Morgan fingerprint density at radius 3 is 2.44 bits per heavy atom. The van der Waals surface area contributed by atoms with Crippen LogP contribution >= 0.6 is 0 Å². The van der Waals surface area contributed by atoms with Gasteiger partial charge in [0.1, 0.15) is 12.5 Å². The molecule has 1 heterocycles. The molecular weight excluding hydrogens is 344 g/mol. The van der Waals surface area contributed by atoms with E-state index in [1.54, 1.807) is 12.0 Å². The normalized spacial score (nSPS) is 19.0. The number of benzene rings is 2. The van der Waals surface area contributed by atoms with E-state index >= 15 is 0 Å². The molecule has 0 unspecified atom stereocenters. The molecule has 1 aliphatic rings. The average Bonchev–Trinajstić information content (AvgIpc) is 2.72. The van der Waals surface area contributed by atoms with Crippen molar-refractivity contribution in [3.8, 4) is 5.75 Å². The van der Waals surface area contributed by atoms with Gasteiger partial charge in [0.2, 0.25) is 5.91 Å². The molecule has 0 aliphatic carbocycles. The highest BCUT2D eigenvalue weighted by Gasteiger charge is 2.47. The van der Waals surface area contributed by atoms with Crippen molar-refractivity contribution in [2.45, 2.75) is 19.1 Å². The van der Waals surface area contributed by atoms with Gasteiger partial charge < -0.3 is 24.8 Å². The van der Waals surface area contributed by atoms with Crippen LogP contribution in [0.25, 0.3) is 0 Å². The summed E-state index contributed by atoms with van der Waals surface area (Å²) in [5.41, 5.74) is 7.61. The molecule has 0 bridgehead atoms. The van der Waals surface area contributed by atoms with Crippen LogP contribution in [-0.4, -0.2) is 39.0 Å². The van der Waals surface area contributed by atoms with Crippen LogP contribution in [0.1, 0.15) is 12.0 Å². The minimum absolute atomic E-state index is 0.0326. The second kappa shape index (κ2) is 9.50. The standard InChI is InChI=1S/C21H26N2O4/c1-25-18-9-7-17(8-10-18)23-20(19(11-12-22)21(23)24)14-27-15-26-13-16-5-3-2-4-6-16/h2-10,19-20H,11-15,22H2,1H3/t19-,20+/m0/s1. The highest BCUT2D eigenvalue weighted by atomic mass is 16.7. The lowest BCUT2D eigenvalue weighted by molar-refractivity contribution is -0.135. The van der Waals surface area contributed by atoms with Gasteiger partial charge in [0.05, 0.1) is 32.3 Å². The molecule has 1 saturated heterocycles. The first-order valence-electron chi connectivity index (χ1n) is 9.11. The quantitative estimate of drug-likeness (QED) is 0.395. The van der Waals surface area contributed by atoms with E-state index in [0.717, 1.165) is 17.0 Å². The zero-order valence-electron chi connectivity index (χ0n) is 15.5. The maximum absolute atomic E-state index is 12.5. The average molecular weight is 370 g/mol. The van der Waals surface area contributed by atoms with Crippen LogP contribution in [0.15, 0.2) is 54.6 Å². The van der Waals surface area contributed by atoms with Gasteiger partial charge in [-0.3, -0.25) is 4.79 Å². The minimum atomic E-state index is -0.105. The number of hydrogen-bond acceptors (Lipinski definition) is 5. The summed E-state index contributed by atoms with van der Waals surface area (Å²) in [4.78, 5) is 14.3. The van der Waals surface area contributed by atoms with Crippen molar-refractivity contribution in [2.24, 2.45) is 11.7 Å². The molecule has 2 aromatic carbocycles. The number of nitrogens with zero attached hydrogens (tertiary/aromatic N) is 1. The number of ether oxygens (including phenoxy) is 3. The van der Waals surface area contributed by atoms with E-state index in [9.17, 15) is 4.79 Å². The number of anilines is 1. The predicted octanol–water partition coefficient (Wildman–Crippen LogP) is 2.57. The number of amides is 1. The fourth-order valence-corrected chi connectivity index (χ4v) is 3.31. The fourth-order valence-electron chi connectivity index (χ4n) is 3.31. The Balaban J connectivity index is 1.53. The first-order chi connectivity index (χ1) is 13.2. The van der Waals surface area contributed by atoms with Gasteiger partial charge in [-0.25, -0.2) is 0 Å². The molecule has 0 saturated carbocycles. The number of β-lactam (4-membered cyclic amide) rings is 1. The summed E-state index contributed by atoms with van der Waals surface area (Å²) in [6.07, 6.45) is 0.657. The van der Waals surface area contributed by atoms with Gasteiger partial charge in [-0.1, -0.05) is 30.3 Å². The van der Waals surface area contributed by atoms with Crippen LogP contribution in [-0.2, 0) is 20.9 Å². The lowest BCUT2D eigenvalue weighted by Crippen LogP contribution is -2.63. The maximum atomic E-state index is 12.5. The Kier molecular flexibility index (Phi) is 6.81. The number of hydrogen-bond donors (Lipinski definition) is 1. The van der Waals surface area contributed by atoms with Crippen molar-refractivity contribution < 1.29 is 19.0 Å². The van der Waals surface area contributed by atoms with Crippen molar-refractivity contribution >= 4 is 11.6 Å². The van der Waals surface area contributed by atoms with E-state index < -0.39 is 0 Å². The molecule has 6 heteroatoms. The first-order valence-corrected chi connectivity index (χ1v) is 9.11. The van der Waals surface area contributed by atoms with Gasteiger partial charge in [-0.15, -0.1) is 0 Å². The largest absolute Gasteiger partial charge is 0.497 e. The molecule has 1 amide bonds. The van der Waals surface area contributed by atoms with E-state index in [4.69, 9.17) is 19.9 Å². The summed E-state index contributed by atoms with van der Waals surface area (Å²) in [7, 11) is 1.62. The molecule has 2 atom stereocenters. The molecule has 6 nitrogen and oxygen atoms in total. The summed E-state index contributed by atoms with van der Waals surface area (Å²) in [6, 6.07) is 17.4. The van der Waals surface area contributed by atoms with Crippen LogP contribution < -0.4 is 15.4 Å². The molecule has 2 aromatic rings. The Bertz CT molecular complexity index is 721. The van der Waals surface area contributed by atoms with Gasteiger partial charge in [-0.05, 0) is 42.8 Å². The predicted molar refractivity (Wildman–Crippen MR) is 103 cm³/mol. The van der Waals surface area contributed by atoms with Crippen LogP contribution in [0.4, 0.5) is 5.69 Å². The van der Waals surface area contributed by atoms with Gasteiger partial charge in [-0.2, -0.15) is 0 Å². The Morgan fingerprint density at radius 1 is 1.04 bits per heavy atom. The topological polar surface area (TPSA) is 74.0 Å². The molecule has 144 valence electrons. The molecule has 2 N–H and O–H groups in total. The third-order valence-electron chi connectivity index (χ3n) is 4.75. The molecule has 0 radical (unpaired) electrons. The lowest BCUT2D eigenvalue weighted by atomic mass is 9.84. The highest BCUT2D eigenvalue weighted by Crippen LogP contribution is 2.35. The zero-order valence-corrected chi connectivity index (χ0v) is 15.5. The second-order valence-electron chi connectivity index (χ2n) is 6.48. The molecule has 1 fully saturated rings. The summed E-state index contributed by atoms with van der Waals surface area (Å²) in [5.74, 6) is 0.739. The van der Waals surface area contributed by atoms with Crippen molar-refractivity contribution in [3.05, 3.63) is 60.2 Å². The van der Waals surface area contributed by atoms with Gasteiger partial charge >= 0.3 is 0 Å². The number of carbonyl (C=O) groups is 1. The van der Waals surface area contributed by atoms with Gasteiger partial charge in [0, 0.05) is 5.69 Å². The van der Waals surface area contributed by atoms with Crippen LogP contribution in [0.2, 0.25) is 0 Å². The van der Waals surface area contributed by atoms with E-state index in [1.165, 1.54) is 0 Å². The van der Waals surface area contributed by atoms with E-state index in [1.807, 2.05) is 54.6 Å². The Morgan fingerprint density at radius 2 is 1.78 bits per heavy atom. The van der Waals surface area contributed by atoms with Gasteiger partial charge in [0.25, 0.3) is 0 Å². The maximum Gasteiger partial charge on any atom is 0.232 e. The van der Waals surface area contributed by atoms with Crippen LogP contribution in [0.5, 0.6) is 5.75 Å². The molecule has 1 aliphatic heterocycles. The molecule has 0 aromatic heterocycles. The second-order valence-corrected chi connectivity index (χ2v) is 6.48. The number of methoxy groups -OCH3 is 1. The number of rotatable bonds is 10. The zero-order chi connectivity index (χ0) is 19.1. The van der Waals surface area contributed by atoms with E-state index in [0.29, 0.717) is 26.2 Å². The van der Waals surface area contributed by atoms with Crippen LogP contribution in [0.3, 0.4) is 0 Å². The summed E-state index contributed by atoms with van der Waals surface area (Å²) < 4.78 is 16.4. The highest BCUT2D eigenvalue weighted by molar-refractivity contribution is 6.03. The first kappa shape index (κ1) is 19.4. The summed E-state index contributed by atoms with van der Waals surface area (Å²) in [6.45, 7) is 1.58. The molecule has 0 spiro atoms. The van der Waals surface area contributed by atoms with Crippen LogP contribution in [0, 0.1) is 5.92 Å². The SMILES string of the molecule is COc1ccc(N2C(=O)[C@@H](CCN)[C@H]2COCOCc2ccccc2)cc1. The molecule has 3 rings (SSSR count). The third-order valence-corrected chi connectivity index (χ3v) is 4.75.